The van der Waals surface area contributed by atoms with Crippen LogP contribution in [0.1, 0.15) is 6.92 Å². The number of nitrogens with one attached hydrogen (secondary N) is 2. The molecule has 0 aromatic heterocycles. The Hall–Kier alpha value is -1.42. The van der Waals surface area contributed by atoms with Crippen LogP contribution in [0, 0.1) is 10.1 Å². The van der Waals surface area contributed by atoms with Crippen LogP contribution in [0.15, 0.2) is 23.1 Å². The number of methoxy groups -OCH3 is 1. The Kier molecular flexibility index (Phi) is 7.58. The Morgan fingerprint density at radius 3 is 2.52 bits per heavy atom. The van der Waals surface area contributed by atoms with Gasteiger partial charge in [-0.1, -0.05) is 0 Å². The number of rotatable bonds is 7. The molecule has 0 aliphatic carbocycles. The first-order chi connectivity index (χ1) is 9.31. The third-order valence-corrected chi connectivity index (χ3v) is 4.20. The van der Waals surface area contributed by atoms with Gasteiger partial charge in [0, 0.05) is 12.6 Å². The summed E-state index contributed by atoms with van der Waals surface area (Å²) in [5.74, 6) is 0.222. The fourth-order valence-corrected chi connectivity index (χ4v) is 2.69. The molecule has 10 heteroatoms. The second kappa shape index (κ2) is 8.13. The number of hydrogen-bond donors (Lipinski definition) is 2. The summed E-state index contributed by atoms with van der Waals surface area (Å²) in [6, 6.07) is 3.50. The second-order valence-electron chi connectivity index (χ2n) is 4.13. The molecule has 0 fully saturated rings. The third-order valence-electron chi connectivity index (χ3n) is 2.72. The predicted octanol–water partition coefficient (Wildman–Crippen LogP) is 0.911. The van der Waals surface area contributed by atoms with Crippen molar-refractivity contribution in [3.63, 3.8) is 0 Å². The van der Waals surface area contributed by atoms with Crippen LogP contribution in [-0.2, 0) is 10.0 Å². The van der Waals surface area contributed by atoms with Crippen LogP contribution in [0.25, 0.3) is 0 Å². The highest BCUT2D eigenvalue weighted by molar-refractivity contribution is 7.89. The van der Waals surface area contributed by atoms with Crippen molar-refractivity contribution < 1.29 is 18.1 Å². The number of nitrogens with zero attached hydrogens (tertiary/aromatic N) is 1. The number of hydrogen-bond acceptors (Lipinski definition) is 6. The van der Waals surface area contributed by atoms with Crippen molar-refractivity contribution in [3.05, 3.63) is 28.3 Å². The van der Waals surface area contributed by atoms with Crippen LogP contribution in [0.2, 0.25) is 0 Å². The van der Waals surface area contributed by atoms with E-state index >= 15 is 0 Å². The summed E-state index contributed by atoms with van der Waals surface area (Å²) in [6.45, 7) is 1.91. The Labute approximate surface area is 129 Å². The fraction of sp³-hybridized carbons (Fsp3) is 0.455. The van der Waals surface area contributed by atoms with Gasteiger partial charge < -0.3 is 10.1 Å². The van der Waals surface area contributed by atoms with Crippen LogP contribution >= 0.6 is 12.4 Å². The zero-order valence-corrected chi connectivity index (χ0v) is 13.5. The van der Waals surface area contributed by atoms with Crippen molar-refractivity contribution in [3.8, 4) is 5.75 Å². The molecule has 0 saturated carbocycles. The van der Waals surface area contributed by atoms with Gasteiger partial charge in [-0.15, -0.1) is 12.4 Å². The molecule has 1 unspecified atom stereocenters. The van der Waals surface area contributed by atoms with Crippen LogP contribution in [-0.4, -0.2) is 40.1 Å². The van der Waals surface area contributed by atoms with Crippen molar-refractivity contribution in [2.45, 2.75) is 17.9 Å². The van der Waals surface area contributed by atoms with Gasteiger partial charge in [-0.3, -0.25) is 10.1 Å². The first-order valence-corrected chi connectivity index (χ1v) is 7.29. The molecule has 0 bridgehead atoms. The van der Waals surface area contributed by atoms with Gasteiger partial charge in [0.05, 0.1) is 18.1 Å². The second-order valence-corrected chi connectivity index (χ2v) is 5.87. The Bertz CT molecular complexity index is 594. The smallest absolute Gasteiger partial charge is 0.293 e. The number of likely N-dealkylation sites (N-methyl/N-ethyl adjacent to an activating group) is 1. The molecule has 0 aliphatic heterocycles. The van der Waals surface area contributed by atoms with E-state index in [9.17, 15) is 18.5 Å². The van der Waals surface area contributed by atoms with Crippen LogP contribution in [0.3, 0.4) is 0 Å². The molecule has 0 saturated heterocycles. The van der Waals surface area contributed by atoms with E-state index in [0.717, 1.165) is 12.1 Å². The first-order valence-electron chi connectivity index (χ1n) is 5.81. The minimum absolute atomic E-state index is 0. The molecule has 2 N–H and O–H groups in total. The summed E-state index contributed by atoms with van der Waals surface area (Å²) < 4.78 is 31.4. The summed E-state index contributed by atoms with van der Waals surface area (Å²) in [7, 11) is -0.917. The molecule has 8 nitrogen and oxygen atoms in total. The maximum Gasteiger partial charge on any atom is 0.293 e. The van der Waals surface area contributed by atoms with Gasteiger partial charge in [-0.05, 0) is 26.1 Å². The molecule has 0 aliphatic rings. The largest absolute Gasteiger partial charge is 0.497 e. The summed E-state index contributed by atoms with van der Waals surface area (Å²) in [4.78, 5) is 9.84. The molecule has 1 aromatic carbocycles. The van der Waals surface area contributed by atoms with E-state index in [1.807, 2.05) is 0 Å². The topological polar surface area (TPSA) is 111 Å². The zero-order chi connectivity index (χ0) is 15.3. The monoisotopic (exact) mass is 339 g/mol. The quantitative estimate of drug-likeness (QED) is 0.564. The van der Waals surface area contributed by atoms with Crippen LogP contribution in [0.5, 0.6) is 5.75 Å². The minimum Gasteiger partial charge on any atom is -0.497 e. The molecule has 0 spiro atoms. The lowest BCUT2D eigenvalue weighted by Crippen LogP contribution is -2.37. The standard InChI is InChI=1S/C11H17N3O5S.ClH/c1-8(12-2)7-13-20(17,18)11-5-4-9(19-3)6-10(11)14(15)16;/h4-6,8,12-13H,7H2,1-3H3;1H. The number of nitro benzene ring substituents is 1. The zero-order valence-electron chi connectivity index (χ0n) is 11.8. The number of benzene rings is 1. The van der Waals surface area contributed by atoms with Gasteiger partial charge in [-0.2, -0.15) is 0 Å². The van der Waals surface area contributed by atoms with Crippen molar-refractivity contribution >= 4 is 28.1 Å². The van der Waals surface area contributed by atoms with E-state index in [1.54, 1.807) is 14.0 Å². The predicted molar refractivity (Wildman–Crippen MR) is 80.6 cm³/mol. The van der Waals surface area contributed by atoms with E-state index in [1.165, 1.54) is 13.2 Å². The maximum absolute atomic E-state index is 12.1. The van der Waals surface area contributed by atoms with Gasteiger partial charge in [0.2, 0.25) is 10.0 Å². The SMILES string of the molecule is CNC(C)CNS(=O)(=O)c1ccc(OC)cc1[N+](=O)[O-].Cl. The van der Waals surface area contributed by atoms with E-state index in [0.29, 0.717) is 0 Å². The Morgan fingerprint density at radius 2 is 2.05 bits per heavy atom. The minimum atomic E-state index is -3.95. The highest BCUT2D eigenvalue weighted by atomic mass is 35.5. The maximum atomic E-state index is 12.1. The van der Waals surface area contributed by atoms with Crippen molar-refractivity contribution in [2.24, 2.45) is 0 Å². The third kappa shape index (κ3) is 5.12. The molecule has 1 aromatic rings. The molecule has 21 heavy (non-hydrogen) atoms. The molecule has 0 amide bonds. The highest BCUT2D eigenvalue weighted by Gasteiger charge is 2.26. The molecule has 0 radical (unpaired) electrons. The van der Waals surface area contributed by atoms with Gasteiger partial charge in [0.25, 0.3) is 5.69 Å². The first kappa shape index (κ1) is 19.6. The van der Waals surface area contributed by atoms with Gasteiger partial charge in [0.1, 0.15) is 5.75 Å². The number of halogens is 1. The van der Waals surface area contributed by atoms with Crippen molar-refractivity contribution in [2.75, 3.05) is 20.7 Å². The van der Waals surface area contributed by atoms with Gasteiger partial charge in [0.15, 0.2) is 4.90 Å². The average molecular weight is 340 g/mol. The number of ether oxygens (including phenoxy) is 1. The molecular formula is C11H18ClN3O5S. The highest BCUT2D eigenvalue weighted by Crippen LogP contribution is 2.28. The van der Waals surface area contributed by atoms with Gasteiger partial charge >= 0.3 is 0 Å². The van der Waals surface area contributed by atoms with E-state index in [-0.39, 0.29) is 35.6 Å². The van der Waals surface area contributed by atoms with E-state index in [4.69, 9.17) is 4.74 Å². The fourth-order valence-electron chi connectivity index (χ4n) is 1.41. The summed E-state index contributed by atoms with van der Waals surface area (Å²) in [5.41, 5.74) is -0.519. The van der Waals surface area contributed by atoms with Crippen LogP contribution < -0.4 is 14.8 Å². The van der Waals surface area contributed by atoms with E-state index < -0.39 is 20.6 Å². The summed E-state index contributed by atoms with van der Waals surface area (Å²) >= 11 is 0. The van der Waals surface area contributed by atoms with Crippen LogP contribution in [0.4, 0.5) is 5.69 Å². The summed E-state index contributed by atoms with van der Waals surface area (Å²) in [5, 5.41) is 13.8. The number of nitro groups is 1. The lowest BCUT2D eigenvalue weighted by atomic mass is 10.3. The lowest BCUT2D eigenvalue weighted by molar-refractivity contribution is -0.387. The Morgan fingerprint density at radius 1 is 1.43 bits per heavy atom. The molecule has 0 heterocycles. The number of sulfonamides is 1. The van der Waals surface area contributed by atoms with E-state index in [2.05, 4.69) is 10.0 Å². The molecule has 1 rings (SSSR count). The summed E-state index contributed by atoms with van der Waals surface area (Å²) in [6.07, 6.45) is 0. The molecular weight excluding hydrogens is 322 g/mol. The van der Waals surface area contributed by atoms with Gasteiger partial charge in [-0.25, -0.2) is 13.1 Å². The molecule has 1 atom stereocenters. The Balaban J connectivity index is 0.00000400. The normalized spacial score (nSPS) is 12.3. The van der Waals surface area contributed by atoms with Crippen molar-refractivity contribution in [1.82, 2.24) is 10.0 Å². The lowest BCUT2D eigenvalue weighted by Gasteiger charge is -2.12. The van der Waals surface area contributed by atoms with Crippen molar-refractivity contribution in [1.29, 1.82) is 0 Å². The molecule has 120 valence electrons. The average Bonchev–Trinajstić information content (AvgIpc) is 2.43.